The van der Waals surface area contributed by atoms with E-state index in [9.17, 15) is 0 Å². The third-order valence-electron chi connectivity index (χ3n) is 4.47. The van der Waals surface area contributed by atoms with E-state index in [-0.39, 0.29) is 0 Å². The van der Waals surface area contributed by atoms with Gasteiger partial charge >= 0.3 is 92.4 Å². The zero-order chi connectivity index (χ0) is 22.4. The van der Waals surface area contributed by atoms with Crippen LogP contribution in [0.5, 0.6) is 0 Å². The van der Waals surface area contributed by atoms with E-state index < -0.39 is 35.8 Å². The molecule has 0 aliphatic heterocycles. The maximum absolute atomic E-state index is 6.36. The summed E-state index contributed by atoms with van der Waals surface area (Å²) in [4.78, 5) is 0. The van der Waals surface area contributed by atoms with Crippen molar-refractivity contribution in [3.05, 3.63) is 0 Å². The van der Waals surface area contributed by atoms with E-state index in [1.165, 1.54) is 38.5 Å². The normalized spacial score (nSPS) is 14.5. The first-order valence-electron chi connectivity index (χ1n) is 11.9. The molecule has 0 saturated heterocycles. The Balaban J connectivity index is 0. The van der Waals surface area contributed by atoms with Crippen LogP contribution in [0.15, 0.2) is 0 Å². The Morgan fingerprint density at radius 2 is 1.11 bits per heavy atom. The molecule has 5 heteroatoms. The van der Waals surface area contributed by atoms with E-state index >= 15 is 0 Å². The molecule has 0 heterocycles. The van der Waals surface area contributed by atoms with Gasteiger partial charge in [-0.15, -0.1) is 8.13 Å². The molecular weight excluding hydrogens is 498 g/mol. The number of unbranched alkanes of at least 4 members (excludes halogenated alkanes) is 3. The van der Waals surface area contributed by atoms with Gasteiger partial charge in [-0.3, -0.25) is 0 Å². The Kier molecular flexibility index (Phi) is 18.5. The molecule has 0 aromatic heterocycles. The molecule has 0 bridgehead atoms. The molecule has 0 aromatic carbocycles. The van der Waals surface area contributed by atoms with E-state index in [0.29, 0.717) is 11.3 Å². The van der Waals surface area contributed by atoms with E-state index in [1.807, 2.05) is 0 Å². The van der Waals surface area contributed by atoms with Crippen LogP contribution in [0.25, 0.3) is 0 Å². The topological polar surface area (TPSA) is 9.23 Å². The average molecular weight is 555 g/mol. The SMILES string of the molecule is CC(C)(C)C(O[Si](C)(C)C)P[Si](C)(C)C.CCC[CH2][Sn]([CH2]CCC)[CH2]CCC. The Morgan fingerprint density at radius 1 is 0.750 bits per heavy atom. The molecule has 0 rings (SSSR count). The molecule has 2 unspecified atom stereocenters. The van der Waals surface area contributed by atoms with Gasteiger partial charge in [-0.05, 0) is 25.1 Å². The summed E-state index contributed by atoms with van der Waals surface area (Å²) < 4.78 is 11.4. The monoisotopic (exact) mass is 555 g/mol. The van der Waals surface area contributed by atoms with Crippen molar-refractivity contribution < 1.29 is 4.43 Å². The fraction of sp³-hybridized carbons (Fsp3) is 1.00. The fourth-order valence-electron chi connectivity index (χ4n) is 2.82. The molecule has 0 spiro atoms. The van der Waals surface area contributed by atoms with Crippen LogP contribution in [0, 0.1) is 5.41 Å². The predicted molar refractivity (Wildman–Crippen MR) is 144 cm³/mol. The summed E-state index contributed by atoms with van der Waals surface area (Å²) in [5, 5.41) is 0. The van der Waals surface area contributed by atoms with Gasteiger partial charge in [0, 0.05) is 0 Å². The summed E-state index contributed by atoms with van der Waals surface area (Å²) in [6.45, 7) is 28.1. The predicted octanol–water partition coefficient (Wildman–Crippen LogP) is 9.60. The molecule has 0 aliphatic rings. The van der Waals surface area contributed by atoms with Gasteiger partial charge in [0.1, 0.15) is 0 Å². The Morgan fingerprint density at radius 3 is 1.32 bits per heavy atom. The van der Waals surface area contributed by atoms with E-state index in [2.05, 4.69) is 80.8 Å². The van der Waals surface area contributed by atoms with Crippen molar-refractivity contribution in [3.63, 3.8) is 0 Å². The minimum atomic E-state index is -1.40. The second-order valence-corrected chi connectivity index (χ2v) is 35.1. The number of hydrogen-bond donors (Lipinski definition) is 0. The van der Waals surface area contributed by atoms with Gasteiger partial charge < -0.3 is 4.43 Å². The molecule has 0 saturated carbocycles. The second-order valence-electron chi connectivity index (χ2n) is 11.4. The van der Waals surface area contributed by atoms with Crippen LogP contribution in [0.3, 0.4) is 0 Å². The summed E-state index contributed by atoms with van der Waals surface area (Å²) >= 11 is -0.839. The maximum atomic E-state index is 6.36. The van der Waals surface area contributed by atoms with E-state index in [0.717, 1.165) is 8.13 Å². The van der Waals surface area contributed by atoms with Crippen LogP contribution >= 0.6 is 8.13 Å². The van der Waals surface area contributed by atoms with Crippen LogP contribution in [-0.2, 0) is 4.43 Å². The third kappa shape index (κ3) is 22.3. The van der Waals surface area contributed by atoms with Gasteiger partial charge in [-0.1, -0.05) is 40.4 Å². The van der Waals surface area contributed by atoms with Gasteiger partial charge in [0.2, 0.25) is 0 Å². The second kappa shape index (κ2) is 16.3. The molecule has 0 N–H and O–H groups in total. The van der Waals surface area contributed by atoms with Gasteiger partial charge in [-0.25, -0.2) is 0 Å². The first-order chi connectivity index (χ1) is 12.7. The van der Waals surface area contributed by atoms with Gasteiger partial charge in [0.15, 0.2) is 8.32 Å². The molecule has 0 aliphatic carbocycles. The van der Waals surface area contributed by atoms with Crippen molar-refractivity contribution in [2.45, 2.75) is 139 Å². The summed E-state index contributed by atoms with van der Waals surface area (Å²) in [7, 11) is -1.40. The standard InChI is InChI=1S/C11H29OPSi2.3C4H9.Sn/c1-11(2,3)10(12-14(4,5)6)13-15(7,8)9;3*1-3-4-2;/h10,13H,1-9H3;3*1,3-4H2,2H3;. The zero-order valence-electron chi connectivity index (χ0n) is 21.8. The number of hydrogen-bond acceptors (Lipinski definition) is 1. The molecule has 1 radical (unpaired) electrons. The van der Waals surface area contributed by atoms with Crippen molar-refractivity contribution >= 4 is 43.9 Å². The minimum absolute atomic E-state index is 0.291. The van der Waals surface area contributed by atoms with Crippen molar-refractivity contribution in [1.29, 1.82) is 0 Å². The van der Waals surface area contributed by atoms with Crippen LogP contribution in [0.4, 0.5) is 0 Å². The summed E-state index contributed by atoms with van der Waals surface area (Å²) in [5.41, 5.74) is 0.291. The Hall–Kier alpha value is 1.62. The third-order valence-corrected chi connectivity index (χ3v) is 20.2. The van der Waals surface area contributed by atoms with E-state index in [1.54, 1.807) is 13.3 Å². The van der Waals surface area contributed by atoms with Gasteiger partial charge in [0.25, 0.3) is 0 Å². The average Bonchev–Trinajstić information content (AvgIpc) is 2.51. The van der Waals surface area contributed by atoms with Crippen LogP contribution < -0.4 is 0 Å². The first kappa shape index (κ1) is 31.8. The van der Waals surface area contributed by atoms with Crippen molar-refractivity contribution in [2.75, 3.05) is 0 Å². The molecule has 0 aromatic rings. The van der Waals surface area contributed by atoms with Crippen molar-refractivity contribution in [2.24, 2.45) is 5.41 Å². The Bertz CT molecular complexity index is 324. The Labute approximate surface area is 191 Å². The molecule has 0 amide bonds. The molecule has 171 valence electrons. The molecule has 1 nitrogen and oxygen atoms in total. The summed E-state index contributed by atoms with van der Waals surface area (Å²) in [5.74, 6) is 0.468. The van der Waals surface area contributed by atoms with Crippen molar-refractivity contribution in [1.82, 2.24) is 0 Å². The summed E-state index contributed by atoms with van der Waals surface area (Å²) in [6.07, 6.45) is 8.85. The molecule has 0 fully saturated rings. The van der Waals surface area contributed by atoms with Crippen LogP contribution in [-0.4, -0.2) is 41.7 Å². The first-order valence-corrected chi connectivity index (χ1v) is 27.0. The number of rotatable bonds is 13. The molecule has 28 heavy (non-hydrogen) atoms. The van der Waals surface area contributed by atoms with Crippen LogP contribution in [0.1, 0.15) is 80.1 Å². The molecular formula is C23H56OPSi2Sn. The van der Waals surface area contributed by atoms with Gasteiger partial charge in [0.05, 0.1) is 13.6 Å². The van der Waals surface area contributed by atoms with Crippen molar-refractivity contribution in [3.8, 4) is 0 Å². The quantitative estimate of drug-likeness (QED) is 0.163. The zero-order valence-corrected chi connectivity index (χ0v) is 27.7. The van der Waals surface area contributed by atoms with Crippen LogP contribution in [0.2, 0.25) is 52.6 Å². The molecule has 2 atom stereocenters. The van der Waals surface area contributed by atoms with E-state index in [4.69, 9.17) is 4.43 Å². The van der Waals surface area contributed by atoms with Gasteiger partial charge in [-0.2, -0.15) is 0 Å². The summed E-state index contributed by atoms with van der Waals surface area (Å²) in [6, 6.07) is 0. The fourth-order valence-corrected chi connectivity index (χ4v) is 20.0.